The van der Waals surface area contributed by atoms with E-state index in [9.17, 15) is 24.5 Å². The van der Waals surface area contributed by atoms with Crippen LogP contribution in [0.5, 0.6) is 0 Å². The van der Waals surface area contributed by atoms with Crippen molar-refractivity contribution >= 4 is 50.7 Å². The predicted octanol–water partition coefficient (Wildman–Crippen LogP) is 3.64. The highest BCUT2D eigenvalue weighted by atomic mass is 79.9. The van der Waals surface area contributed by atoms with E-state index in [-0.39, 0.29) is 17.7 Å². The number of hydrogen-bond acceptors (Lipinski definition) is 8. The Hall–Kier alpha value is -2.59. The number of hydrogen-bond donors (Lipinski definition) is 0. The summed E-state index contributed by atoms with van der Waals surface area (Å²) in [5, 5.41) is 11.0. The Bertz CT molecular complexity index is 877. The van der Waals surface area contributed by atoms with Crippen LogP contribution in [0.25, 0.3) is 0 Å². The van der Waals surface area contributed by atoms with Crippen molar-refractivity contribution in [2.24, 2.45) is 0 Å². The number of nitro benzene ring substituents is 1. The summed E-state index contributed by atoms with van der Waals surface area (Å²) in [7, 11) is 0. The summed E-state index contributed by atoms with van der Waals surface area (Å²) in [6.07, 6.45) is 0. The van der Waals surface area contributed by atoms with Crippen LogP contribution in [0.1, 0.15) is 37.3 Å². The first kappa shape index (κ1) is 19.7. The van der Waals surface area contributed by atoms with Crippen LogP contribution in [0.3, 0.4) is 0 Å². The molecule has 0 aliphatic rings. The number of carbonyl (C=O) groups is 3. The summed E-state index contributed by atoms with van der Waals surface area (Å²) >= 11 is 4.41. The fraction of sp³-hybridized carbons (Fsp3) is 0.188. The molecule has 136 valence electrons. The molecule has 0 bridgehead atoms. The Labute approximate surface area is 160 Å². The van der Waals surface area contributed by atoms with E-state index in [1.807, 2.05) is 0 Å². The molecule has 1 aromatic heterocycles. The zero-order valence-corrected chi connectivity index (χ0v) is 15.8. The van der Waals surface area contributed by atoms with E-state index >= 15 is 0 Å². The first-order valence-corrected chi connectivity index (χ1v) is 8.85. The summed E-state index contributed by atoms with van der Waals surface area (Å²) in [4.78, 5) is 46.6. The first-order valence-electron chi connectivity index (χ1n) is 7.24. The second kappa shape index (κ2) is 8.68. The van der Waals surface area contributed by atoms with Gasteiger partial charge < -0.3 is 9.47 Å². The van der Waals surface area contributed by atoms with E-state index < -0.39 is 34.9 Å². The minimum atomic E-state index is -0.955. The van der Waals surface area contributed by atoms with Gasteiger partial charge >= 0.3 is 11.9 Å². The maximum absolute atomic E-state index is 12.1. The topological polar surface area (TPSA) is 113 Å². The van der Waals surface area contributed by atoms with Gasteiger partial charge in [0.05, 0.1) is 31.3 Å². The van der Waals surface area contributed by atoms with E-state index in [1.165, 1.54) is 11.3 Å². The molecule has 0 radical (unpaired) electrons. The van der Waals surface area contributed by atoms with Gasteiger partial charge in [0.25, 0.3) is 5.69 Å². The van der Waals surface area contributed by atoms with Crippen LogP contribution in [0.15, 0.2) is 34.1 Å². The van der Waals surface area contributed by atoms with Crippen molar-refractivity contribution in [1.82, 2.24) is 0 Å². The minimum Gasteiger partial charge on any atom is -0.462 e. The van der Waals surface area contributed by atoms with E-state index in [1.54, 1.807) is 19.1 Å². The van der Waals surface area contributed by atoms with Crippen LogP contribution in [0, 0.1) is 10.1 Å². The lowest BCUT2D eigenvalue weighted by Gasteiger charge is -2.06. The van der Waals surface area contributed by atoms with Crippen LogP contribution in [0.4, 0.5) is 5.69 Å². The molecule has 0 saturated carbocycles. The zero-order chi connectivity index (χ0) is 19.3. The van der Waals surface area contributed by atoms with Crippen molar-refractivity contribution < 1.29 is 28.8 Å². The number of rotatable bonds is 7. The Morgan fingerprint density at radius 1 is 1.12 bits per heavy atom. The number of esters is 2. The summed E-state index contributed by atoms with van der Waals surface area (Å²) < 4.78 is 10.5. The fourth-order valence-corrected chi connectivity index (χ4v) is 3.23. The average molecular weight is 442 g/mol. The molecular weight excluding hydrogens is 430 g/mol. The molecule has 0 spiro atoms. The average Bonchev–Trinajstić information content (AvgIpc) is 3.05. The third-order valence-corrected chi connectivity index (χ3v) is 4.72. The van der Waals surface area contributed by atoms with Gasteiger partial charge in [-0.25, -0.2) is 9.59 Å². The Kier molecular flexibility index (Phi) is 6.58. The lowest BCUT2D eigenvalue weighted by atomic mass is 10.1. The van der Waals surface area contributed by atoms with Crippen molar-refractivity contribution in [2.75, 3.05) is 13.2 Å². The number of thiophene rings is 1. The first-order chi connectivity index (χ1) is 12.3. The van der Waals surface area contributed by atoms with Gasteiger partial charge in [-0.15, -0.1) is 11.3 Å². The molecule has 0 amide bonds. The number of non-ortho nitro benzene ring substituents is 1. The number of Topliss-reactive ketones (excluding diaryl/α,β-unsaturated/α-hetero) is 1. The van der Waals surface area contributed by atoms with Crippen LogP contribution in [-0.4, -0.2) is 35.9 Å². The lowest BCUT2D eigenvalue weighted by Crippen LogP contribution is -2.14. The van der Waals surface area contributed by atoms with Gasteiger partial charge in [-0.2, -0.15) is 0 Å². The van der Waals surface area contributed by atoms with Gasteiger partial charge in [-0.1, -0.05) is 0 Å². The molecule has 0 fully saturated rings. The van der Waals surface area contributed by atoms with E-state index in [0.29, 0.717) is 4.88 Å². The normalized spacial score (nSPS) is 10.2. The van der Waals surface area contributed by atoms with E-state index in [0.717, 1.165) is 22.0 Å². The minimum absolute atomic E-state index is 0.0756. The van der Waals surface area contributed by atoms with Crippen molar-refractivity contribution in [3.05, 3.63) is 60.2 Å². The molecule has 1 aromatic carbocycles. The quantitative estimate of drug-likeness (QED) is 0.279. The molecule has 0 atom stereocenters. The Morgan fingerprint density at radius 2 is 1.73 bits per heavy atom. The Morgan fingerprint density at radius 3 is 2.23 bits per heavy atom. The molecule has 26 heavy (non-hydrogen) atoms. The molecule has 10 heteroatoms. The summed E-state index contributed by atoms with van der Waals surface area (Å²) in [5.74, 6) is -2.17. The monoisotopic (exact) mass is 441 g/mol. The fourth-order valence-electron chi connectivity index (χ4n) is 1.92. The molecule has 0 saturated heterocycles. The molecule has 1 heterocycles. The number of ether oxygens (including phenoxy) is 2. The number of nitro groups is 1. The largest absolute Gasteiger partial charge is 0.462 e. The lowest BCUT2D eigenvalue weighted by molar-refractivity contribution is -0.384. The highest BCUT2D eigenvalue weighted by Gasteiger charge is 2.20. The standard InChI is InChI=1S/C16H12BrNO7S/c1-2-24-15(20)9-5-10(7-11(6-9)18(22)23)16(21)25-8-12(19)13-3-4-14(17)26-13/h3-7H,2,8H2,1H3. The molecule has 0 aliphatic heterocycles. The molecule has 2 aromatic rings. The van der Waals surface area contributed by atoms with Gasteiger partial charge in [-0.05, 0) is 41.1 Å². The second-order valence-electron chi connectivity index (χ2n) is 4.85. The van der Waals surface area contributed by atoms with Gasteiger partial charge in [0.15, 0.2) is 6.61 Å². The number of ketones is 1. The van der Waals surface area contributed by atoms with Crippen LogP contribution < -0.4 is 0 Å². The van der Waals surface area contributed by atoms with Gasteiger partial charge in [0.2, 0.25) is 5.78 Å². The van der Waals surface area contributed by atoms with Gasteiger partial charge in [-0.3, -0.25) is 14.9 Å². The van der Waals surface area contributed by atoms with Crippen LogP contribution in [-0.2, 0) is 9.47 Å². The third kappa shape index (κ3) is 4.96. The second-order valence-corrected chi connectivity index (χ2v) is 7.31. The summed E-state index contributed by atoms with van der Waals surface area (Å²) in [6.45, 7) is 1.13. The van der Waals surface area contributed by atoms with Crippen molar-refractivity contribution in [3.8, 4) is 0 Å². The summed E-state index contributed by atoms with van der Waals surface area (Å²) in [5.41, 5.74) is -0.833. The van der Waals surface area contributed by atoms with Gasteiger partial charge in [0, 0.05) is 12.1 Å². The van der Waals surface area contributed by atoms with Crippen LogP contribution >= 0.6 is 27.3 Å². The number of carbonyl (C=O) groups excluding carboxylic acids is 3. The highest BCUT2D eigenvalue weighted by Crippen LogP contribution is 2.23. The number of benzene rings is 1. The summed E-state index contributed by atoms with van der Waals surface area (Å²) in [6, 6.07) is 6.36. The number of halogens is 1. The smallest absolute Gasteiger partial charge is 0.338 e. The van der Waals surface area contributed by atoms with Crippen molar-refractivity contribution in [2.45, 2.75) is 6.92 Å². The van der Waals surface area contributed by atoms with Crippen molar-refractivity contribution in [1.29, 1.82) is 0 Å². The van der Waals surface area contributed by atoms with E-state index in [2.05, 4.69) is 15.9 Å². The zero-order valence-electron chi connectivity index (χ0n) is 13.4. The van der Waals surface area contributed by atoms with Crippen LogP contribution in [0.2, 0.25) is 0 Å². The maximum Gasteiger partial charge on any atom is 0.338 e. The van der Waals surface area contributed by atoms with Crippen molar-refractivity contribution in [3.63, 3.8) is 0 Å². The molecular formula is C16H12BrNO7S. The molecule has 0 unspecified atom stereocenters. The number of nitrogens with zero attached hydrogens (tertiary/aromatic N) is 1. The Balaban J connectivity index is 2.17. The molecule has 0 aliphatic carbocycles. The predicted molar refractivity (Wildman–Crippen MR) is 95.7 cm³/mol. The third-order valence-electron chi connectivity index (χ3n) is 3.06. The van der Waals surface area contributed by atoms with Gasteiger partial charge in [0.1, 0.15) is 0 Å². The molecule has 8 nitrogen and oxygen atoms in total. The molecule has 0 N–H and O–H groups in total. The highest BCUT2D eigenvalue weighted by molar-refractivity contribution is 9.11. The SMILES string of the molecule is CCOC(=O)c1cc(C(=O)OCC(=O)c2ccc(Br)s2)cc([N+](=O)[O-])c1. The molecule has 2 rings (SSSR count). The maximum atomic E-state index is 12.1. The van der Waals surface area contributed by atoms with E-state index in [4.69, 9.17) is 9.47 Å².